The molecule has 0 saturated heterocycles. The highest BCUT2D eigenvalue weighted by atomic mass is 79.9. The molecule has 0 spiro atoms. The summed E-state index contributed by atoms with van der Waals surface area (Å²) in [7, 11) is 0. The molecule has 17 heavy (non-hydrogen) atoms. The normalized spacial score (nSPS) is 11.3. The van der Waals surface area contributed by atoms with Gasteiger partial charge in [-0.05, 0) is 32.4 Å². The number of alkyl halides is 1. The third-order valence-electron chi connectivity index (χ3n) is 2.07. The van der Waals surface area contributed by atoms with Gasteiger partial charge >= 0.3 is 0 Å². The van der Waals surface area contributed by atoms with Crippen LogP contribution in [-0.4, -0.2) is 18.1 Å². The predicted molar refractivity (Wildman–Crippen MR) is 73.4 cm³/mol. The largest absolute Gasteiger partial charge is 0.366 e. The second kappa shape index (κ2) is 6.17. The van der Waals surface area contributed by atoms with Gasteiger partial charge in [0.2, 0.25) is 5.91 Å². The maximum absolute atomic E-state index is 11.7. The van der Waals surface area contributed by atoms with E-state index in [2.05, 4.69) is 21.2 Å². The van der Waals surface area contributed by atoms with Crippen molar-refractivity contribution in [2.45, 2.75) is 31.7 Å². The van der Waals surface area contributed by atoms with Crippen molar-refractivity contribution < 1.29 is 9.53 Å². The smallest absolute Gasteiger partial charge is 0.250 e. The maximum atomic E-state index is 11.7. The number of anilines is 1. The molecular formula is C13H18BrNO2. The Morgan fingerprint density at radius 1 is 1.35 bits per heavy atom. The van der Waals surface area contributed by atoms with Crippen LogP contribution in [0.5, 0.6) is 0 Å². The van der Waals surface area contributed by atoms with Crippen LogP contribution in [0.15, 0.2) is 24.3 Å². The van der Waals surface area contributed by atoms with Crippen molar-refractivity contribution in [1.82, 2.24) is 0 Å². The Morgan fingerprint density at radius 3 is 2.59 bits per heavy atom. The van der Waals surface area contributed by atoms with Gasteiger partial charge in [0.25, 0.3) is 0 Å². The molecule has 0 fully saturated rings. The van der Waals surface area contributed by atoms with E-state index in [0.29, 0.717) is 5.33 Å². The number of carbonyl (C=O) groups is 1. The molecule has 0 aliphatic carbocycles. The van der Waals surface area contributed by atoms with Crippen molar-refractivity contribution in [3.8, 4) is 0 Å². The van der Waals surface area contributed by atoms with E-state index in [0.717, 1.165) is 11.3 Å². The highest BCUT2D eigenvalue weighted by Crippen LogP contribution is 2.17. The summed E-state index contributed by atoms with van der Waals surface area (Å²) >= 11 is 3.39. The number of halogens is 1. The van der Waals surface area contributed by atoms with Crippen LogP contribution in [0.3, 0.4) is 0 Å². The lowest BCUT2D eigenvalue weighted by atomic mass is 10.2. The fourth-order valence-corrected chi connectivity index (χ4v) is 1.72. The maximum Gasteiger partial charge on any atom is 0.250 e. The molecule has 0 saturated carbocycles. The zero-order valence-electron chi connectivity index (χ0n) is 10.4. The minimum absolute atomic E-state index is 0.0696. The number of carbonyl (C=O) groups excluding carboxylic acids is 1. The van der Waals surface area contributed by atoms with Crippen LogP contribution in [0.25, 0.3) is 0 Å². The molecule has 1 N–H and O–H groups in total. The SMILES string of the molecule is CC(C)(C)OCC(=O)Nc1ccccc1CBr. The average molecular weight is 300 g/mol. The van der Waals surface area contributed by atoms with E-state index in [4.69, 9.17) is 4.74 Å². The van der Waals surface area contributed by atoms with Crippen molar-refractivity contribution in [3.05, 3.63) is 29.8 Å². The summed E-state index contributed by atoms with van der Waals surface area (Å²) in [4.78, 5) is 11.7. The highest BCUT2D eigenvalue weighted by Gasteiger charge is 2.13. The van der Waals surface area contributed by atoms with Crippen molar-refractivity contribution in [3.63, 3.8) is 0 Å². The molecule has 0 aliphatic heterocycles. The van der Waals surface area contributed by atoms with Crippen LogP contribution >= 0.6 is 15.9 Å². The van der Waals surface area contributed by atoms with Gasteiger partial charge in [0.1, 0.15) is 6.61 Å². The molecule has 1 aromatic rings. The summed E-state index contributed by atoms with van der Waals surface area (Å²) in [5, 5.41) is 3.55. The summed E-state index contributed by atoms with van der Waals surface area (Å²) in [6.07, 6.45) is 0. The highest BCUT2D eigenvalue weighted by molar-refractivity contribution is 9.08. The number of ether oxygens (including phenoxy) is 1. The van der Waals surface area contributed by atoms with E-state index in [9.17, 15) is 4.79 Å². The van der Waals surface area contributed by atoms with Gasteiger partial charge in [-0.2, -0.15) is 0 Å². The van der Waals surface area contributed by atoms with E-state index in [-0.39, 0.29) is 18.1 Å². The number of rotatable bonds is 4. The second-order valence-corrected chi connectivity index (χ2v) is 5.30. The lowest BCUT2D eigenvalue weighted by Gasteiger charge is -2.19. The first kappa shape index (κ1) is 14.2. The molecule has 4 heteroatoms. The number of nitrogens with one attached hydrogen (secondary N) is 1. The number of hydrogen-bond donors (Lipinski definition) is 1. The molecule has 1 amide bonds. The lowest BCUT2D eigenvalue weighted by molar-refractivity contribution is -0.125. The molecule has 0 bridgehead atoms. The Labute approximate surface area is 111 Å². The van der Waals surface area contributed by atoms with E-state index in [1.165, 1.54) is 0 Å². The van der Waals surface area contributed by atoms with Crippen molar-refractivity contribution in [1.29, 1.82) is 0 Å². The van der Waals surface area contributed by atoms with E-state index < -0.39 is 0 Å². The standard InChI is InChI=1S/C13H18BrNO2/c1-13(2,3)17-9-12(16)15-11-7-5-4-6-10(11)8-14/h4-7H,8-9H2,1-3H3,(H,15,16). The van der Waals surface area contributed by atoms with Gasteiger partial charge in [-0.1, -0.05) is 34.1 Å². The molecule has 0 radical (unpaired) electrons. The average Bonchev–Trinajstić information content (AvgIpc) is 2.26. The van der Waals surface area contributed by atoms with E-state index >= 15 is 0 Å². The Kier molecular flexibility index (Phi) is 5.15. The third-order valence-corrected chi connectivity index (χ3v) is 2.68. The zero-order chi connectivity index (χ0) is 12.9. The summed E-state index contributed by atoms with van der Waals surface area (Å²) < 4.78 is 5.41. The van der Waals surface area contributed by atoms with Crippen LogP contribution in [0.1, 0.15) is 26.3 Å². The topological polar surface area (TPSA) is 38.3 Å². The number of para-hydroxylation sites is 1. The third kappa shape index (κ3) is 5.33. The zero-order valence-corrected chi connectivity index (χ0v) is 12.0. The Balaban J connectivity index is 2.56. The summed E-state index contributed by atoms with van der Waals surface area (Å²) in [6, 6.07) is 7.69. The molecular weight excluding hydrogens is 282 g/mol. The minimum atomic E-state index is -0.299. The lowest BCUT2D eigenvalue weighted by Crippen LogP contribution is -2.27. The number of amides is 1. The molecule has 94 valence electrons. The molecule has 0 unspecified atom stereocenters. The summed E-state index contributed by atoms with van der Waals surface area (Å²) in [6.45, 7) is 5.84. The fraction of sp³-hybridized carbons (Fsp3) is 0.462. The van der Waals surface area contributed by atoms with Crippen LogP contribution in [0, 0.1) is 0 Å². The van der Waals surface area contributed by atoms with Gasteiger partial charge in [0, 0.05) is 11.0 Å². The number of benzene rings is 1. The molecule has 0 atom stereocenters. The van der Waals surface area contributed by atoms with E-state index in [1.807, 2.05) is 45.0 Å². The Morgan fingerprint density at radius 2 is 2.00 bits per heavy atom. The van der Waals surface area contributed by atoms with Crippen LogP contribution < -0.4 is 5.32 Å². The Hall–Kier alpha value is -0.870. The van der Waals surface area contributed by atoms with E-state index in [1.54, 1.807) is 0 Å². The number of hydrogen-bond acceptors (Lipinski definition) is 2. The van der Waals surface area contributed by atoms with Crippen LogP contribution in [0.4, 0.5) is 5.69 Å². The van der Waals surface area contributed by atoms with Gasteiger partial charge in [0.15, 0.2) is 0 Å². The molecule has 0 aromatic heterocycles. The Bertz CT molecular complexity index is 385. The van der Waals surface area contributed by atoms with Crippen molar-refractivity contribution in [2.75, 3.05) is 11.9 Å². The van der Waals surface area contributed by atoms with Gasteiger partial charge in [0.05, 0.1) is 5.60 Å². The van der Waals surface area contributed by atoms with Gasteiger partial charge < -0.3 is 10.1 Å². The first-order chi connectivity index (χ1) is 7.92. The van der Waals surface area contributed by atoms with Gasteiger partial charge in [-0.3, -0.25) is 4.79 Å². The second-order valence-electron chi connectivity index (χ2n) is 4.74. The molecule has 3 nitrogen and oxygen atoms in total. The first-order valence-electron chi connectivity index (χ1n) is 5.50. The fourth-order valence-electron chi connectivity index (χ4n) is 1.23. The van der Waals surface area contributed by atoms with Crippen molar-refractivity contribution in [2.24, 2.45) is 0 Å². The van der Waals surface area contributed by atoms with Crippen molar-refractivity contribution >= 4 is 27.5 Å². The minimum Gasteiger partial charge on any atom is -0.366 e. The van der Waals surface area contributed by atoms with Crippen LogP contribution in [-0.2, 0) is 14.9 Å². The summed E-state index contributed by atoms with van der Waals surface area (Å²) in [5.41, 5.74) is 1.58. The summed E-state index contributed by atoms with van der Waals surface area (Å²) in [5.74, 6) is -0.131. The molecule has 0 aliphatic rings. The molecule has 0 heterocycles. The molecule has 1 rings (SSSR count). The van der Waals surface area contributed by atoms with Crippen LogP contribution in [0.2, 0.25) is 0 Å². The monoisotopic (exact) mass is 299 g/mol. The first-order valence-corrected chi connectivity index (χ1v) is 6.62. The van der Waals surface area contributed by atoms with Gasteiger partial charge in [-0.25, -0.2) is 0 Å². The predicted octanol–water partition coefficient (Wildman–Crippen LogP) is 3.34. The molecule has 1 aromatic carbocycles. The quantitative estimate of drug-likeness (QED) is 0.866. The van der Waals surface area contributed by atoms with Gasteiger partial charge in [-0.15, -0.1) is 0 Å².